The number of halogens is 1. The van der Waals surface area contributed by atoms with Crippen LogP contribution in [-0.4, -0.2) is 16.0 Å². The zero-order valence-electron chi connectivity index (χ0n) is 11.6. The van der Waals surface area contributed by atoms with Gasteiger partial charge in [0, 0.05) is 11.6 Å². The molecule has 6 nitrogen and oxygen atoms in total. The number of rotatable bonds is 4. The van der Waals surface area contributed by atoms with E-state index in [2.05, 4.69) is 15.5 Å². The second-order valence-electron chi connectivity index (χ2n) is 4.64. The van der Waals surface area contributed by atoms with E-state index in [1.54, 1.807) is 13.1 Å². The molecule has 0 saturated carbocycles. The van der Waals surface area contributed by atoms with Gasteiger partial charge in [0.2, 0.25) is 11.7 Å². The van der Waals surface area contributed by atoms with Crippen molar-refractivity contribution in [2.45, 2.75) is 13.0 Å². The van der Waals surface area contributed by atoms with E-state index in [4.69, 9.17) is 20.5 Å². The summed E-state index contributed by atoms with van der Waals surface area (Å²) in [5, 5.41) is 6.28. The molecular weight excluding hydrogens is 306 g/mol. The Balaban J connectivity index is 1.72. The third kappa shape index (κ3) is 3.01. The summed E-state index contributed by atoms with van der Waals surface area (Å²) in [4.78, 5) is 16.1. The van der Waals surface area contributed by atoms with Crippen molar-refractivity contribution in [1.29, 1.82) is 0 Å². The van der Waals surface area contributed by atoms with E-state index < -0.39 is 11.9 Å². The zero-order valence-corrected chi connectivity index (χ0v) is 12.4. The highest BCUT2D eigenvalue weighted by Gasteiger charge is 2.19. The molecule has 1 atom stereocenters. The maximum atomic E-state index is 11.9. The summed E-state index contributed by atoms with van der Waals surface area (Å²) in [6, 6.07) is 10.5. The van der Waals surface area contributed by atoms with Gasteiger partial charge in [0.1, 0.15) is 6.04 Å². The molecule has 2 aromatic heterocycles. The van der Waals surface area contributed by atoms with Gasteiger partial charge in [-0.2, -0.15) is 0 Å². The number of hydrogen-bond acceptors (Lipinski definition) is 5. The van der Waals surface area contributed by atoms with Crippen molar-refractivity contribution in [1.82, 2.24) is 15.5 Å². The monoisotopic (exact) mass is 317 g/mol. The number of benzene rings is 1. The molecule has 3 aromatic rings. The standard InChI is InChI=1S/C15H12ClN3O3/c1-9(18-14(20)11-7-13(16)19-22-11)15-17-8-12(21-15)10-5-3-2-4-6-10/h2-9H,1H3,(H,18,20). The summed E-state index contributed by atoms with van der Waals surface area (Å²) in [5.74, 6) is 0.635. The normalized spacial score (nSPS) is 12.1. The molecule has 1 aromatic carbocycles. The maximum Gasteiger partial charge on any atom is 0.290 e. The summed E-state index contributed by atoms with van der Waals surface area (Å²) in [6.45, 7) is 1.76. The number of carbonyl (C=O) groups is 1. The molecular formula is C15H12ClN3O3. The summed E-state index contributed by atoms with van der Waals surface area (Å²) >= 11 is 5.61. The molecule has 1 amide bonds. The van der Waals surface area contributed by atoms with Gasteiger partial charge in [-0.05, 0) is 6.92 Å². The van der Waals surface area contributed by atoms with Crippen LogP contribution in [0.2, 0.25) is 5.15 Å². The Hall–Kier alpha value is -2.60. The van der Waals surface area contributed by atoms with E-state index >= 15 is 0 Å². The topological polar surface area (TPSA) is 81.2 Å². The SMILES string of the molecule is CC(NC(=O)c1cc(Cl)no1)c1ncc(-c2ccccc2)o1. The van der Waals surface area contributed by atoms with Crippen LogP contribution in [0.5, 0.6) is 0 Å². The lowest BCUT2D eigenvalue weighted by Crippen LogP contribution is -2.26. The molecule has 0 spiro atoms. The van der Waals surface area contributed by atoms with Crippen molar-refractivity contribution in [3.8, 4) is 11.3 Å². The minimum Gasteiger partial charge on any atom is -0.438 e. The third-order valence-electron chi connectivity index (χ3n) is 3.01. The van der Waals surface area contributed by atoms with Crippen molar-refractivity contribution >= 4 is 17.5 Å². The number of nitrogens with one attached hydrogen (secondary N) is 1. The van der Waals surface area contributed by atoms with E-state index in [9.17, 15) is 4.79 Å². The van der Waals surface area contributed by atoms with Crippen LogP contribution in [0.1, 0.15) is 29.4 Å². The van der Waals surface area contributed by atoms with Crippen LogP contribution in [0.4, 0.5) is 0 Å². The zero-order chi connectivity index (χ0) is 15.5. The van der Waals surface area contributed by atoms with Gasteiger partial charge in [-0.1, -0.05) is 47.1 Å². The van der Waals surface area contributed by atoms with Crippen LogP contribution in [0, 0.1) is 0 Å². The summed E-state index contributed by atoms with van der Waals surface area (Å²) in [6.07, 6.45) is 1.62. The molecule has 0 radical (unpaired) electrons. The smallest absolute Gasteiger partial charge is 0.290 e. The summed E-state index contributed by atoms with van der Waals surface area (Å²) in [5.41, 5.74) is 0.918. The summed E-state index contributed by atoms with van der Waals surface area (Å²) in [7, 11) is 0. The van der Waals surface area contributed by atoms with Crippen LogP contribution < -0.4 is 5.32 Å². The molecule has 0 saturated heterocycles. The Labute approximate surface area is 131 Å². The Bertz CT molecular complexity index is 782. The highest BCUT2D eigenvalue weighted by atomic mass is 35.5. The van der Waals surface area contributed by atoms with Gasteiger partial charge in [-0.3, -0.25) is 4.79 Å². The lowest BCUT2D eigenvalue weighted by molar-refractivity contribution is 0.0897. The first kappa shape index (κ1) is 14.3. The van der Waals surface area contributed by atoms with E-state index in [1.165, 1.54) is 6.07 Å². The van der Waals surface area contributed by atoms with Crippen molar-refractivity contribution < 1.29 is 13.7 Å². The van der Waals surface area contributed by atoms with E-state index in [0.717, 1.165) is 5.56 Å². The van der Waals surface area contributed by atoms with Crippen LogP contribution in [0.25, 0.3) is 11.3 Å². The van der Waals surface area contributed by atoms with Gasteiger partial charge in [0.15, 0.2) is 10.9 Å². The average Bonchev–Trinajstić information content (AvgIpc) is 3.17. The average molecular weight is 318 g/mol. The molecule has 0 fully saturated rings. The van der Waals surface area contributed by atoms with Crippen molar-refractivity contribution in [3.63, 3.8) is 0 Å². The van der Waals surface area contributed by atoms with Crippen molar-refractivity contribution in [3.05, 3.63) is 59.4 Å². The quantitative estimate of drug-likeness (QED) is 0.796. The molecule has 112 valence electrons. The molecule has 0 aliphatic rings. The van der Waals surface area contributed by atoms with Crippen LogP contribution >= 0.6 is 11.6 Å². The Morgan fingerprint density at radius 2 is 2.09 bits per heavy atom. The number of hydrogen-bond donors (Lipinski definition) is 1. The fourth-order valence-electron chi connectivity index (χ4n) is 1.91. The van der Waals surface area contributed by atoms with Gasteiger partial charge < -0.3 is 14.3 Å². The highest BCUT2D eigenvalue weighted by molar-refractivity contribution is 6.29. The van der Waals surface area contributed by atoms with Crippen LogP contribution in [-0.2, 0) is 0 Å². The van der Waals surface area contributed by atoms with Crippen LogP contribution in [0.15, 0.2) is 51.5 Å². The van der Waals surface area contributed by atoms with E-state index in [0.29, 0.717) is 11.7 Å². The molecule has 1 N–H and O–H groups in total. The van der Waals surface area contributed by atoms with E-state index in [-0.39, 0.29) is 10.9 Å². The Kier molecular flexibility index (Phi) is 3.93. The van der Waals surface area contributed by atoms with Gasteiger partial charge in [0.25, 0.3) is 5.91 Å². The summed E-state index contributed by atoms with van der Waals surface area (Å²) < 4.78 is 10.5. The first-order valence-corrected chi connectivity index (χ1v) is 6.95. The minimum absolute atomic E-state index is 0.0340. The molecule has 0 bridgehead atoms. The molecule has 7 heteroatoms. The predicted molar refractivity (Wildman–Crippen MR) is 79.3 cm³/mol. The molecule has 2 heterocycles. The number of oxazole rings is 1. The second-order valence-corrected chi connectivity index (χ2v) is 5.03. The number of carbonyl (C=O) groups excluding carboxylic acids is 1. The highest BCUT2D eigenvalue weighted by Crippen LogP contribution is 2.23. The molecule has 0 aliphatic carbocycles. The third-order valence-corrected chi connectivity index (χ3v) is 3.18. The molecule has 22 heavy (non-hydrogen) atoms. The Morgan fingerprint density at radius 1 is 1.32 bits per heavy atom. The molecule has 3 rings (SSSR count). The maximum absolute atomic E-state index is 11.9. The fraction of sp³-hybridized carbons (Fsp3) is 0.133. The lowest BCUT2D eigenvalue weighted by atomic mass is 10.2. The first-order valence-electron chi connectivity index (χ1n) is 6.57. The number of nitrogens with zero attached hydrogens (tertiary/aromatic N) is 2. The largest absolute Gasteiger partial charge is 0.438 e. The number of aromatic nitrogens is 2. The van der Waals surface area contributed by atoms with Crippen LogP contribution in [0.3, 0.4) is 0 Å². The lowest BCUT2D eigenvalue weighted by Gasteiger charge is -2.08. The molecule has 1 unspecified atom stereocenters. The van der Waals surface area contributed by atoms with Crippen molar-refractivity contribution in [2.75, 3.05) is 0 Å². The van der Waals surface area contributed by atoms with E-state index in [1.807, 2.05) is 30.3 Å². The van der Waals surface area contributed by atoms with Gasteiger partial charge in [-0.15, -0.1) is 0 Å². The Morgan fingerprint density at radius 3 is 2.77 bits per heavy atom. The first-order chi connectivity index (χ1) is 10.6. The van der Waals surface area contributed by atoms with Crippen molar-refractivity contribution in [2.24, 2.45) is 0 Å². The number of amides is 1. The molecule has 0 aliphatic heterocycles. The predicted octanol–water partition coefficient (Wildman–Crippen LogP) is 3.47. The minimum atomic E-state index is -0.439. The van der Waals surface area contributed by atoms with Gasteiger partial charge >= 0.3 is 0 Å². The van der Waals surface area contributed by atoms with Gasteiger partial charge in [-0.25, -0.2) is 4.98 Å². The van der Waals surface area contributed by atoms with Gasteiger partial charge in [0.05, 0.1) is 6.20 Å². The fourth-order valence-corrected chi connectivity index (χ4v) is 2.05. The second kappa shape index (κ2) is 6.03.